The van der Waals surface area contributed by atoms with Crippen molar-refractivity contribution >= 4 is 6.21 Å². The Kier molecular flexibility index (Phi) is 2.68. The number of benzene rings is 1. The number of rotatable bonds is 3. The second kappa shape index (κ2) is 4.13. The third kappa shape index (κ3) is 1.71. The molecule has 14 heavy (non-hydrogen) atoms. The Morgan fingerprint density at radius 3 is 3.21 bits per heavy atom. The maximum absolute atomic E-state index is 5.35. The molecule has 1 aromatic carbocycles. The number of hydrogen-bond acceptors (Lipinski definition) is 3. The zero-order valence-electron chi connectivity index (χ0n) is 8.19. The monoisotopic (exact) mass is 191 g/mol. The average molecular weight is 191 g/mol. The fraction of sp³-hybridized carbons (Fsp3) is 0.364. The highest BCUT2D eigenvalue weighted by atomic mass is 16.7. The summed E-state index contributed by atoms with van der Waals surface area (Å²) in [6, 6.07) is 5.83. The third-order valence-electron chi connectivity index (χ3n) is 2.01. The number of hydrogen-bond donors (Lipinski definition) is 0. The number of aliphatic imine (C=N–C) groups is 1. The van der Waals surface area contributed by atoms with Gasteiger partial charge in [-0.25, -0.2) is 0 Å². The van der Waals surface area contributed by atoms with Gasteiger partial charge in [0.25, 0.3) is 0 Å². The van der Waals surface area contributed by atoms with Crippen LogP contribution in [0.3, 0.4) is 0 Å². The maximum atomic E-state index is 5.35. The first kappa shape index (κ1) is 9.06. The van der Waals surface area contributed by atoms with E-state index in [4.69, 9.17) is 9.47 Å². The van der Waals surface area contributed by atoms with E-state index in [0.717, 1.165) is 30.0 Å². The lowest BCUT2D eigenvalue weighted by molar-refractivity contribution is 0.174. The van der Waals surface area contributed by atoms with E-state index in [0.29, 0.717) is 6.79 Å². The zero-order chi connectivity index (χ0) is 9.80. The molecule has 3 heteroatoms. The van der Waals surface area contributed by atoms with E-state index in [1.807, 2.05) is 24.4 Å². The lowest BCUT2D eigenvalue weighted by atomic mass is 10.2. The van der Waals surface area contributed by atoms with Crippen LogP contribution in [-0.2, 0) is 0 Å². The van der Waals surface area contributed by atoms with Crippen molar-refractivity contribution in [3.05, 3.63) is 23.8 Å². The standard InChI is InChI=1S/C11H13NO2/c1-2-6-12-7-9-4-3-5-10-11(9)14-8-13-10/h3-5,7H,2,6,8H2,1H3. The van der Waals surface area contributed by atoms with Crippen LogP contribution < -0.4 is 9.47 Å². The van der Waals surface area contributed by atoms with Crippen molar-refractivity contribution in [1.82, 2.24) is 0 Å². The fourth-order valence-electron chi connectivity index (χ4n) is 1.35. The first-order valence-corrected chi connectivity index (χ1v) is 4.80. The Morgan fingerprint density at radius 1 is 1.43 bits per heavy atom. The third-order valence-corrected chi connectivity index (χ3v) is 2.01. The smallest absolute Gasteiger partial charge is 0.231 e. The summed E-state index contributed by atoms with van der Waals surface area (Å²) >= 11 is 0. The molecule has 0 amide bonds. The van der Waals surface area contributed by atoms with Gasteiger partial charge in [0, 0.05) is 18.3 Å². The normalized spacial score (nSPS) is 13.8. The van der Waals surface area contributed by atoms with Crippen LogP contribution in [0.2, 0.25) is 0 Å². The lowest BCUT2D eigenvalue weighted by Crippen LogP contribution is -1.94. The maximum Gasteiger partial charge on any atom is 0.231 e. The van der Waals surface area contributed by atoms with Crippen LogP contribution in [0.5, 0.6) is 11.5 Å². The Hall–Kier alpha value is -1.51. The van der Waals surface area contributed by atoms with Crippen molar-refractivity contribution in [3.63, 3.8) is 0 Å². The Balaban J connectivity index is 2.22. The lowest BCUT2D eigenvalue weighted by Gasteiger charge is -1.99. The Labute approximate surface area is 83.4 Å². The highest BCUT2D eigenvalue weighted by Gasteiger charge is 2.15. The number of nitrogens with zero attached hydrogens (tertiary/aromatic N) is 1. The van der Waals surface area contributed by atoms with Gasteiger partial charge < -0.3 is 9.47 Å². The molecule has 3 nitrogen and oxygen atoms in total. The van der Waals surface area contributed by atoms with Gasteiger partial charge in [-0.1, -0.05) is 13.0 Å². The van der Waals surface area contributed by atoms with Gasteiger partial charge in [0.05, 0.1) is 0 Å². The number of para-hydroxylation sites is 1. The molecule has 0 spiro atoms. The molecule has 0 N–H and O–H groups in total. The minimum absolute atomic E-state index is 0.313. The highest BCUT2D eigenvalue weighted by Crippen LogP contribution is 2.34. The molecule has 1 heterocycles. The van der Waals surface area contributed by atoms with Crippen molar-refractivity contribution in [2.45, 2.75) is 13.3 Å². The number of fused-ring (bicyclic) bond motifs is 1. The van der Waals surface area contributed by atoms with Gasteiger partial charge in [-0.2, -0.15) is 0 Å². The van der Waals surface area contributed by atoms with Gasteiger partial charge in [0.15, 0.2) is 11.5 Å². The average Bonchev–Trinajstić information content (AvgIpc) is 2.67. The second-order valence-electron chi connectivity index (χ2n) is 3.12. The SMILES string of the molecule is CCCN=Cc1cccc2c1OCO2. The van der Waals surface area contributed by atoms with Crippen LogP contribution >= 0.6 is 0 Å². The summed E-state index contributed by atoms with van der Waals surface area (Å²) in [5, 5.41) is 0. The molecular weight excluding hydrogens is 178 g/mol. The molecule has 0 atom stereocenters. The minimum atomic E-state index is 0.313. The summed E-state index contributed by atoms with van der Waals surface area (Å²) in [6.07, 6.45) is 2.90. The first-order valence-electron chi connectivity index (χ1n) is 4.80. The molecule has 0 fully saturated rings. The zero-order valence-corrected chi connectivity index (χ0v) is 8.19. The van der Waals surface area contributed by atoms with E-state index in [1.165, 1.54) is 0 Å². The van der Waals surface area contributed by atoms with Gasteiger partial charge in [-0.05, 0) is 18.6 Å². The van der Waals surface area contributed by atoms with Crippen LogP contribution in [-0.4, -0.2) is 19.6 Å². The van der Waals surface area contributed by atoms with Crippen molar-refractivity contribution in [2.24, 2.45) is 4.99 Å². The van der Waals surface area contributed by atoms with Gasteiger partial charge in [0.2, 0.25) is 6.79 Å². The van der Waals surface area contributed by atoms with E-state index >= 15 is 0 Å². The van der Waals surface area contributed by atoms with Crippen molar-refractivity contribution < 1.29 is 9.47 Å². The van der Waals surface area contributed by atoms with Gasteiger partial charge >= 0.3 is 0 Å². The molecule has 1 aliphatic heterocycles. The molecular formula is C11H13NO2. The molecule has 0 unspecified atom stereocenters. The molecule has 2 rings (SSSR count). The fourth-order valence-corrected chi connectivity index (χ4v) is 1.35. The van der Waals surface area contributed by atoms with E-state index in [1.54, 1.807) is 0 Å². The summed E-state index contributed by atoms with van der Waals surface area (Å²) in [5.74, 6) is 1.62. The number of ether oxygens (including phenoxy) is 2. The molecule has 1 aromatic rings. The molecule has 0 aromatic heterocycles. The molecule has 0 bridgehead atoms. The molecule has 1 aliphatic rings. The highest BCUT2D eigenvalue weighted by molar-refractivity contribution is 5.85. The van der Waals surface area contributed by atoms with E-state index in [9.17, 15) is 0 Å². The van der Waals surface area contributed by atoms with Gasteiger partial charge in [0.1, 0.15) is 0 Å². The van der Waals surface area contributed by atoms with Crippen LogP contribution in [0.15, 0.2) is 23.2 Å². The summed E-state index contributed by atoms with van der Waals surface area (Å²) in [6.45, 7) is 3.27. The van der Waals surface area contributed by atoms with Gasteiger partial charge in [-0.15, -0.1) is 0 Å². The summed E-state index contributed by atoms with van der Waals surface area (Å²) in [5.41, 5.74) is 0.994. The Morgan fingerprint density at radius 2 is 2.36 bits per heavy atom. The summed E-state index contributed by atoms with van der Waals surface area (Å²) in [7, 11) is 0. The first-order chi connectivity index (χ1) is 6.92. The largest absolute Gasteiger partial charge is 0.454 e. The van der Waals surface area contributed by atoms with Crippen LogP contribution in [0.4, 0.5) is 0 Å². The van der Waals surface area contributed by atoms with E-state index in [-0.39, 0.29) is 0 Å². The predicted molar refractivity (Wildman–Crippen MR) is 55.3 cm³/mol. The Bertz CT molecular complexity index is 347. The van der Waals surface area contributed by atoms with Crippen molar-refractivity contribution in [2.75, 3.05) is 13.3 Å². The molecule has 0 saturated carbocycles. The molecule has 74 valence electrons. The van der Waals surface area contributed by atoms with Crippen molar-refractivity contribution in [3.8, 4) is 11.5 Å². The predicted octanol–water partition coefficient (Wildman–Crippen LogP) is 2.24. The van der Waals surface area contributed by atoms with Crippen LogP contribution in [0.25, 0.3) is 0 Å². The summed E-state index contributed by atoms with van der Waals surface area (Å²) in [4.78, 5) is 4.28. The van der Waals surface area contributed by atoms with Crippen LogP contribution in [0.1, 0.15) is 18.9 Å². The van der Waals surface area contributed by atoms with E-state index in [2.05, 4.69) is 11.9 Å². The second-order valence-corrected chi connectivity index (χ2v) is 3.12. The van der Waals surface area contributed by atoms with E-state index < -0.39 is 0 Å². The molecule has 0 aliphatic carbocycles. The van der Waals surface area contributed by atoms with Crippen LogP contribution in [0, 0.1) is 0 Å². The van der Waals surface area contributed by atoms with Crippen molar-refractivity contribution in [1.29, 1.82) is 0 Å². The summed E-state index contributed by atoms with van der Waals surface area (Å²) < 4.78 is 10.6. The molecule has 0 saturated heterocycles. The minimum Gasteiger partial charge on any atom is -0.454 e. The van der Waals surface area contributed by atoms with Gasteiger partial charge in [-0.3, -0.25) is 4.99 Å². The quantitative estimate of drug-likeness (QED) is 0.686. The topological polar surface area (TPSA) is 30.8 Å². The molecule has 0 radical (unpaired) electrons.